The van der Waals surface area contributed by atoms with E-state index >= 15 is 0 Å². The molecule has 15 heavy (non-hydrogen) atoms. The van der Waals surface area contributed by atoms with Crippen LogP contribution >= 0.6 is 15.9 Å². The molecule has 1 heterocycles. The smallest absolute Gasteiger partial charge is 0.337 e. The van der Waals surface area contributed by atoms with Crippen LogP contribution in [0.5, 0.6) is 0 Å². The van der Waals surface area contributed by atoms with Gasteiger partial charge in [-0.1, -0.05) is 0 Å². The molecule has 0 atom stereocenters. The van der Waals surface area contributed by atoms with Crippen molar-refractivity contribution in [1.82, 2.24) is 4.98 Å². The zero-order valence-electron chi connectivity index (χ0n) is 7.80. The number of rotatable bonds is 1. The van der Waals surface area contributed by atoms with Gasteiger partial charge in [0.25, 0.3) is 0 Å². The Kier molecular flexibility index (Phi) is 2.48. The number of halogens is 2. The number of hydrogen-bond acceptors (Lipinski definition) is 2. The first-order valence-corrected chi connectivity index (χ1v) is 4.97. The van der Waals surface area contributed by atoms with Crippen LogP contribution in [0.4, 0.5) is 4.39 Å². The molecule has 2 aromatic rings. The summed E-state index contributed by atoms with van der Waals surface area (Å²) in [5.41, 5.74) is 0.931. The molecule has 78 valence electrons. The first-order valence-electron chi connectivity index (χ1n) is 4.18. The van der Waals surface area contributed by atoms with Gasteiger partial charge in [0.05, 0.1) is 18.2 Å². The number of benzene rings is 1. The van der Waals surface area contributed by atoms with E-state index in [1.54, 1.807) is 6.07 Å². The van der Waals surface area contributed by atoms with Crippen LogP contribution in [-0.2, 0) is 4.74 Å². The van der Waals surface area contributed by atoms with E-state index in [-0.39, 0.29) is 5.82 Å². The van der Waals surface area contributed by atoms with Crippen molar-refractivity contribution < 1.29 is 13.9 Å². The lowest BCUT2D eigenvalue weighted by molar-refractivity contribution is 0.0601. The molecule has 1 N–H and O–H groups in total. The predicted octanol–water partition coefficient (Wildman–Crippen LogP) is 2.86. The highest BCUT2D eigenvalue weighted by molar-refractivity contribution is 9.10. The molecule has 0 saturated heterocycles. The van der Waals surface area contributed by atoms with Crippen LogP contribution in [-0.4, -0.2) is 18.1 Å². The normalized spacial score (nSPS) is 10.6. The van der Waals surface area contributed by atoms with E-state index in [4.69, 9.17) is 0 Å². The van der Waals surface area contributed by atoms with E-state index in [0.717, 1.165) is 0 Å². The van der Waals surface area contributed by atoms with Crippen molar-refractivity contribution in [3.63, 3.8) is 0 Å². The molecule has 2 rings (SSSR count). The van der Waals surface area contributed by atoms with Gasteiger partial charge in [0.1, 0.15) is 5.82 Å². The molecule has 0 unspecified atom stereocenters. The maximum absolute atomic E-state index is 13.2. The lowest BCUT2D eigenvalue weighted by atomic mass is 10.1. The summed E-state index contributed by atoms with van der Waals surface area (Å²) >= 11 is 3.21. The summed E-state index contributed by atoms with van der Waals surface area (Å²) in [6.45, 7) is 0. The molecular weight excluding hydrogens is 265 g/mol. The van der Waals surface area contributed by atoms with Crippen molar-refractivity contribution in [1.29, 1.82) is 0 Å². The molecule has 0 fully saturated rings. The van der Waals surface area contributed by atoms with E-state index < -0.39 is 5.97 Å². The minimum atomic E-state index is -0.451. The van der Waals surface area contributed by atoms with Gasteiger partial charge in [-0.3, -0.25) is 0 Å². The Morgan fingerprint density at radius 3 is 2.93 bits per heavy atom. The van der Waals surface area contributed by atoms with Crippen molar-refractivity contribution in [2.45, 2.75) is 0 Å². The number of nitrogens with one attached hydrogen (secondary N) is 1. The van der Waals surface area contributed by atoms with Crippen LogP contribution in [0.1, 0.15) is 10.4 Å². The van der Waals surface area contributed by atoms with Gasteiger partial charge in [-0.2, -0.15) is 0 Å². The largest absolute Gasteiger partial charge is 0.465 e. The van der Waals surface area contributed by atoms with Crippen LogP contribution in [0.3, 0.4) is 0 Å². The van der Waals surface area contributed by atoms with Crippen molar-refractivity contribution in [2.24, 2.45) is 0 Å². The van der Waals surface area contributed by atoms with Gasteiger partial charge in [-0.25, -0.2) is 9.18 Å². The van der Waals surface area contributed by atoms with Gasteiger partial charge >= 0.3 is 5.97 Å². The van der Waals surface area contributed by atoms with E-state index in [1.807, 2.05) is 0 Å². The van der Waals surface area contributed by atoms with Gasteiger partial charge in [-0.05, 0) is 28.1 Å². The zero-order valence-corrected chi connectivity index (χ0v) is 9.39. The highest BCUT2D eigenvalue weighted by atomic mass is 79.9. The molecule has 0 aliphatic carbocycles. The van der Waals surface area contributed by atoms with Crippen LogP contribution in [0, 0.1) is 5.82 Å². The third kappa shape index (κ3) is 1.63. The Hall–Kier alpha value is -1.36. The fourth-order valence-electron chi connectivity index (χ4n) is 1.41. The standard InChI is InChI=1S/C10H7BrFNO2/c1-15-10(14)5-2-6(11)9-7(12)4-13-8(9)3-5/h2-4,13H,1H3. The molecule has 0 aliphatic rings. The maximum Gasteiger partial charge on any atom is 0.337 e. The van der Waals surface area contributed by atoms with Crippen LogP contribution < -0.4 is 0 Å². The SMILES string of the molecule is COC(=O)c1cc(Br)c2c(F)c[nH]c2c1. The number of hydrogen-bond donors (Lipinski definition) is 1. The molecule has 0 aliphatic heterocycles. The second kappa shape index (κ2) is 3.66. The molecule has 1 aromatic carbocycles. The van der Waals surface area contributed by atoms with Crippen molar-refractivity contribution in [3.8, 4) is 0 Å². The molecule has 0 amide bonds. The van der Waals surface area contributed by atoms with Crippen LogP contribution in [0.25, 0.3) is 10.9 Å². The number of aromatic nitrogens is 1. The summed E-state index contributed by atoms with van der Waals surface area (Å²) in [5.74, 6) is -0.805. The van der Waals surface area contributed by atoms with Gasteiger partial charge in [-0.15, -0.1) is 0 Å². The average Bonchev–Trinajstić information content (AvgIpc) is 2.59. The molecule has 0 spiro atoms. The van der Waals surface area contributed by atoms with Gasteiger partial charge < -0.3 is 9.72 Å². The number of H-pyrrole nitrogens is 1. The summed E-state index contributed by atoms with van der Waals surface area (Å²) < 4.78 is 18.4. The molecule has 5 heteroatoms. The van der Waals surface area contributed by atoms with Gasteiger partial charge in [0.2, 0.25) is 0 Å². The van der Waals surface area contributed by atoms with E-state index in [2.05, 4.69) is 25.7 Å². The molecular formula is C10H7BrFNO2. The number of carbonyl (C=O) groups is 1. The van der Waals surface area contributed by atoms with Crippen molar-refractivity contribution in [2.75, 3.05) is 7.11 Å². The first-order chi connectivity index (χ1) is 7.13. The van der Waals surface area contributed by atoms with E-state index in [1.165, 1.54) is 19.4 Å². The summed E-state index contributed by atoms with van der Waals surface area (Å²) in [5, 5.41) is 0.433. The number of ether oxygens (including phenoxy) is 1. The molecule has 0 saturated carbocycles. The molecule has 1 aromatic heterocycles. The van der Waals surface area contributed by atoms with Gasteiger partial charge in [0.15, 0.2) is 0 Å². The lowest BCUT2D eigenvalue weighted by Gasteiger charge is -2.01. The highest BCUT2D eigenvalue weighted by Crippen LogP contribution is 2.27. The Morgan fingerprint density at radius 2 is 2.27 bits per heavy atom. The van der Waals surface area contributed by atoms with Crippen molar-refractivity contribution >= 4 is 32.8 Å². The zero-order chi connectivity index (χ0) is 11.0. The number of esters is 1. The molecule has 3 nitrogen and oxygen atoms in total. The average molecular weight is 272 g/mol. The second-order valence-corrected chi connectivity index (χ2v) is 3.86. The van der Waals surface area contributed by atoms with E-state index in [0.29, 0.717) is 20.9 Å². The quantitative estimate of drug-likeness (QED) is 0.811. The monoisotopic (exact) mass is 271 g/mol. The van der Waals surface area contributed by atoms with Crippen LogP contribution in [0.2, 0.25) is 0 Å². The number of carbonyl (C=O) groups excluding carboxylic acids is 1. The minimum Gasteiger partial charge on any atom is -0.465 e. The van der Waals surface area contributed by atoms with Crippen LogP contribution in [0.15, 0.2) is 22.8 Å². The van der Waals surface area contributed by atoms with Gasteiger partial charge in [0, 0.05) is 16.1 Å². The Balaban J connectivity index is 2.68. The number of fused-ring (bicyclic) bond motifs is 1. The topological polar surface area (TPSA) is 42.1 Å². The number of methoxy groups -OCH3 is 1. The minimum absolute atomic E-state index is 0.353. The fourth-order valence-corrected chi connectivity index (χ4v) is 2.06. The summed E-state index contributed by atoms with van der Waals surface area (Å²) in [6, 6.07) is 3.08. The molecule has 0 bridgehead atoms. The summed E-state index contributed by atoms with van der Waals surface area (Å²) in [4.78, 5) is 14.0. The fraction of sp³-hybridized carbons (Fsp3) is 0.100. The highest BCUT2D eigenvalue weighted by Gasteiger charge is 2.12. The molecule has 0 radical (unpaired) electrons. The Labute approximate surface area is 93.4 Å². The van der Waals surface area contributed by atoms with E-state index in [9.17, 15) is 9.18 Å². The third-order valence-corrected chi connectivity index (χ3v) is 2.73. The second-order valence-electron chi connectivity index (χ2n) is 3.01. The third-order valence-electron chi connectivity index (χ3n) is 2.10. The summed E-state index contributed by atoms with van der Waals surface area (Å²) in [6.07, 6.45) is 1.25. The maximum atomic E-state index is 13.2. The first kappa shape index (κ1) is 10.2. The number of aromatic amines is 1. The predicted molar refractivity (Wildman–Crippen MR) is 57.3 cm³/mol. The Morgan fingerprint density at radius 1 is 1.53 bits per heavy atom. The Bertz CT molecular complexity index is 535. The lowest BCUT2D eigenvalue weighted by Crippen LogP contribution is -2.00. The van der Waals surface area contributed by atoms with Crippen molar-refractivity contribution in [3.05, 3.63) is 34.2 Å². The summed E-state index contributed by atoms with van der Waals surface area (Å²) in [7, 11) is 1.30.